The van der Waals surface area contributed by atoms with E-state index in [0.29, 0.717) is 44.1 Å². The summed E-state index contributed by atoms with van der Waals surface area (Å²) >= 11 is 6.67. The molecule has 1 unspecified atom stereocenters. The third-order valence-corrected chi connectivity index (χ3v) is 5.94. The smallest absolute Gasteiger partial charge is 0.246 e. The molecule has 1 amide bonds. The molecular formula is C23H20ClFN2O3. The van der Waals surface area contributed by atoms with Gasteiger partial charge in [0.15, 0.2) is 0 Å². The molecule has 0 aromatic heterocycles. The van der Waals surface area contributed by atoms with Crippen molar-refractivity contribution in [2.24, 2.45) is 0 Å². The van der Waals surface area contributed by atoms with Gasteiger partial charge in [-0.1, -0.05) is 30.2 Å². The van der Waals surface area contributed by atoms with Gasteiger partial charge in [0, 0.05) is 42.9 Å². The number of hydrogen-bond donors (Lipinski definition) is 1. The predicted molar refractivity (Wildman–Crippen MR) is 113 cm³/mol. The molecule has 0 aliphatic carbocycles. The summed E-state index contributed by atoms with van der Waals surface area (Å²) < 4.78 is 20.6. The van der Waals surface area contributed by atoms with E-state index in [0.717, 1.165) is 5.56 Å². The number of nitrogens with zero attached hydrogens (tertiary/aromatic N) is 2. The van der Waals surface area contributed by atoms with Gasteiger partial charge in [0.25, 0.3) is 0 Å². The molecular weight excluding hydrogens is 407 g/mol. The average molecular weight is 427 g/mol. The Hall–Kier alpha value is -3.01. The summed E-state index contributed by atoms with van der Waals surface area (Å²) in [6.45, 7) is 6.17. The summed E-state index contributed by atoms with van der Waals surface area (Å²) in [5.74, 6) is 1.99. The fraction of sp³-hybridized carbons (Fsp3) is 0.261. The Morgan fingerprint density at radius 1 is 1.40 bits per heavy atom. The van der Waals surface area contributed by atoms with Gasteiger partial charge in [0.1, 0.15) is 23.9 Å². The van der Waals surface area contributed by atoms with Crippen LogP contribution in [0.1, 0.15) is 11.1 Å². The van der Waals surface area contributed by atoms with Crippen LogP contribution in [0.25, 0.3) is 11.1 Å². The Morgan fingerprint density at radius 3 is 2.90 bits per heavy atom. The molecule has 0 radical (unpaired) electrons. The van der Waals surface area contributed by atoms with Gasteiger partial charge in [-0.15, -0.1) is 6.42 Å². The number of rotatable bonds is 2. The molecule has 2 aromatic carbocycles. The number of phenols is 1. The predicted octanol–water partition coefficient (Wildman–Crippen LogP) is 3.42. The van der Waals surface area contributed by atoms with E-state index in [4.69, 9.17) is 22.8 Å². The largest absolute Gasteiger partial charge is 0.507 e. The molecule has 1 saturated heterocycles. The van der Waals surface area contributed by atoms with Crippen molar-refractivity contribution in [1.82, 2.24) is 9.80 Å². The Kier molecular flexibility index (Phi) is 5.42. The molecule has 5 nitrogen and oxygen atoms in total. The summed E-state index contributed by atoms with van der Waals surface area (Å²) in [5, 5.41) is 10.4. The maximum atomic E-state index is 14.6. The van der Waals surface area contributed by atoms with Gasteiger partial charge in [0.05, 0.1) is 16.6 Å². The molecule has 1 fully saturated rings. The first kappa shape index (κ1) is 20.3. The number of fused-ring (bicyclic) bond motifs is 2. The van der Waals surface area contributed by atoms with Crippen LogP contribution >= 0.6 is 11.6 Å². The Morgan fingerprint density at radius 2 is 2.20 bits per heavy atom. The zero-order valence-corrected chi connectivity index (χ0v) is 17.0. The van der Waals surface area contributed by atoms with Gasteiger partial charge in [-0.3, -0.25) is 9.69 Å². The van der Waals surface area contributed by atoms with Crippen molar-refractivity contribution < 1.29 is 19.0 Å². The lowest BCUT2D eigenvalue weighted by atomic mass is 9.95. The molecule has 154 valence electrons. The first-order valence-corrected chi connectivity index (χ1v) is 9.90. The number of amides is 1. The molecule has 4 rings (SSSR count). The van der Waals surface area contributed by atoms with Crippen molar-refractivity contribution in [1.29, 1.82) is 0 Å². The second-order valence-corrected chi connectivity index (χ2v) is 7.68. The van der Waals surface area contributed by atoms with Gasteiger partial charge in [-0.2, -0.15) is 0 Å². The summed E-state index contributed by atoms with van der Waals surface area (Å²) in [6, 6.07) is 5.76. The molecule has 2 aliphatic rings. The number of phenolic OH excluding ortho intramolecular Hbond substituents is 1. The standard InChI is InChI=1S/C23H20ClFN2O3/c1-3-14-10-15-11-26-8-9-27(19(29)4-2)12-16(26)13-30-23(15)22(24)20(14)21-17(25)6-5-7-18(21)28/h1,4-7,10,16,28H,2,8-9,11-13H2. The van der Waals surface area contributed by atoms with E-state index < -0.39 is 5.82 Å². The van der Waals surface area contributed by atoms with Crippen LogP contribution < -0.4 is 4.74 Å². The highest BCUT2D eigenvalue weighted by Crippen LogP contribution is 2.45. The van der Waals surface area contributed by atoms with Gasteiger partial charge in [0.2, 0.25) is 5.91 Å². The molecule has 0 saturated carbocycles. The van der Waals surface area contributed by atoms with E-state index in [9.17, 15) is 14.3 Å². The van der Waals surface area contributed by atoms with Gasteiger partial charge in [-0.25, -0.2) is 4.39 Å². The molecule has 1 atom stereocenters. The summed E-state index contributed by atoms with van der Waals surface area (Å²) in [6.07, 6.45) is 7.02. The average Bonchev–Trinajstić information content (AvgIpc) is 2.93. The summed E-state index contributed by atoms with van der Waals surface area (Å²) in [4.78, 5) is 16.0. The third-order valence-electron chi connectivity index (χ3n) is 5.58. The highest BCUT2D eigenvalue weighted by Gasteiger charge is 2.34. The molecule has 2 aromatic rings. The number of ether oxygens (including phenoxy) is 1. The van der Waals surface area contributed by atoms with Gasteiger partial charge >= 0.3 is 0 Å². The minimum Gasteiger partial charge on any atom is -0.507 e. The Bertz CT molecular complexity index is 1060. The molecule has 0 spiro atoms. The topological polar surface area (TPSA) is 53.0 Å². The molecule has 1 N–H and O–H groups in total. The van der Waals surface area contributed by atoms with Crippen LogP contribution in [0.4, 0.5) is 4.39 Å². The number of terminal acetylenes is 1. The van der Waals surface area contributed by atoms with Crippen LogP contribution in [0, 0.1) is 18.2 Å². The van der Waals surface area contributed by atoms with Gasteiger partial charge < -0.3 is 14.7 Å². The van der Waals surface area contributed by atoms with Crippen LogP contribution in [0.15, 0.2) is 36.9 Å². The monoisotopic (exact) mass is 426 g/mol. The van der Waals surface area contributed by atoms with Crippen LogP contribution in [0.5, 0.6) is 11.5 Å². The minimum atomic E-state index is -0.627. The van der Waals surface area contributed by atoms with E-state index in [-0.39, 0.29) is 33.8 Å². The maximum Gasteiger partial charge on any atom is 0.246 e. The van der Waals surface area contributed by atoms with Gasteiger partial charge in [-0.05, 0) is 24.3 Å². The SMILES string of the molecule is C#Cc1cc2c(c(Cl)c1-c1c(O)cccc1F)OCC1CN(C(=O)C=C)CCN1C2. The lowest BCUT2D eigenvalue weighted by molar-refractivity contribution is -0.129. The number of halogens is 2. The molecule has 2 heterocycles. The maximum absolute atomic E-state index is 14.6. The van der Waals surface area contributed by atoms with Crippen molar-refractivity contribution >= 4 is 17.5 Å². The first-order valence-electron chi connectivity index (χ1n) is 9.52. The second-order valence-electron chi connectivity index (χ2n) is 7.30. The van der Waals surface area contributed by atoms with Crippen molar-refractivity contribution in [2.75, 3.05) is 26.2 Å². The fourth-order valence-corrected chi connectivity index (χ4v) is 4.44. The third kappa shape index (κ3) is 3.41. The zero-order chi connectivity index (χ0) is 21.4. The van der Waals surface area contributed by atoms with Crippen LogP contribution in [0.3, 0.4) is 0 Å². The fourth-order valence-electron chi connectivity index (χ4n) is 4.06. The van der Waals surface area contributed by atoms with Crippen LogP contribution in [-0.4, -0.2) is 53.1 Å². The number of benzene rings is 2. The van der Waals surface area contributed by atoms with E-state index in [1.807, 2.05) is 0 Å². The van der Waals surface area contributed by atoms with Crippen LogP contribution in [-0.2, 0) is 11.3 Å². The van der Waals surface area contributed by atoms with E-state index in [1.165, 1.54) is 24.3 Å². The number of aromatic hydroxyl groups is 1. The number of carbonyl (C=O) groups is 1. The molecule has 30 heavy (non-hydrogen) atoms. The summed E-state index contributed by atoms with van der Waals surface area (Å²) in [5.41, 5.74) is 1.35. The van der Waals surface area contributed by atoms with Crippen LogP contribution in [0.2, 0.25) is 5.02 Å². The summed E-state index contributed by atoms with van der Waals surface area (Å²) in [7, 11) is 0. The van der Waals surface area contributed by atoms with E-state index in [1.54, 1.807) is 11.0 Å². The quantitative estimate of drug-likeness (QED) is 0.590. The van der Waals surface area contributed by atoms with Crippen molar-refractivity contribution in [3.05, 3.63) is 58.9 Å². The molecule has 2 aliphatic heterocycles. The van der Waals surface area contributed by atoms with E-state index in [2.05, 4.69) is 17.4 Å². The number of carbonyl (C=O) groups excluding carboxylic acids is 1. The highest BCUT2D eigenvalue weighted by molar-refractivity contribution is 6.35. The second kappa shape index (κ2) is 8.02. The van der Waals surface area contributed by atoms with Crippen molar-refractivity contribution in [3.63, 3.8) is 0 Å². The van der Waals surface area contributed by atoms with Crippen molar-refractivity contribution in [2.45, 2.75) is 12.6 Å². The molecule has 0 bridgehead atoms. The first-order chi connectivity index (χ1) is 14.4. The number of piperazine rings is 1. The molecule has 7 heteroatoms. The normalized spacial score (nSPS) is 18.4. The Balaban J connectivity index is 1.76. The highest BCUT2D eigenvalue weighted by atomic mass is 35.5. The number of hydrogen-bond acceptors (Lipinski definition) is 4. The zero-order valence-electron chi connectivity index (χ0n) is 16.2. The Labute approximate surface area is 179 Å². The minimum absolute atomic E-state index is 0.0225. The lowest BCUT2D eigenvalue weighted by Crippen LogP contribution is -2.55. The van der Waals surface area contributed by atoms with E-state index >= 15 is 0 Å². The lowest BCUT2D eigenvalue weighted by Gasteiger charge is -2.39. The van der Waals surface area contributed by atoms with Crippen molar-refractivity contribution in [3.8, 4) is 35.0 Å².